The molecule has 2 atom stereocenters. The lowest BCUT2D eigenvalue weighted by Crippen LogP contribution is -2.43. The summed E-state index contributed by atoms with van der Waals surface area (Å²) in [6.45, 7) is 7.95. The zero-order chi connectivity index (χ0) is 12.1. The van der Waals surface area contributed by atoms with E-state index < -0.39 is 0 Å². The summed E-state index contributed by atoms with van der Waals surface area (Å²) in [5, 5.41) is 3.87. The molecular weight excluding hydrogens is 210 g/mol. The Kier molecular flexibility index (Phi) is 5.30. The van der Waals surface area contributed by atoms with Gasteiger partial charge in [-0.05, 0) is 50.0 Å². The summed E-state index contributed by atoms with van der Waals surface area (Å²) >= 11 is 0. The van der Waals surface area contributed by atoms with Crippen molar-refractivity contribution < 1.29 is 4.74 Å². The summed E-state index contributed by atoms with van der Waals surface area (Å²) in [4.78, 5) is 0. The van der Waals surface area contributed by atoms with E-state index >= 15 is 0 Å². The van der Waals surface area contributed by atoms with Crippen LogP contribution in [0.25, 0.3) is 0 Å². The molecule has 1 saturated carbocycles. The Hall–Kier alpha value is -0.0800. The largest absolute Gasteiger partial charge is 0.381 e. The average molecular weight is 239 g/mol. The number of rotatable bonds is 4. The fourth-order valence-corrected chi connectivity index (χ4v) is 3.48. The molecule has 0 aromatic rings. The van der Waals surface area contributed by atoms with Gasteiger partial charge in [0.2, 0.25) is 0 Å². The van der Waals surface area contributed by atoms with Crippen molar-refractivity contribution in [2.24, 2.45) is 17.8 Å². The van der Waals surface area contributed by atoms with Gasteiger partial charge in [0.15, 0.2) is 0 Å². The molecule has 0 spiro atoms. The van der Waals surface area contributed by atoms with Crippen molar-refractivity contribution >= 4 is 0 Å². The molecule has 1 saturated heterocycles. The third kappa shape index (κ3) is 3.96. The predicted octanol–water partition coefficient (Wildman–Crippen LogP) is 3.22. The van der Waals surface area contributed by atoms with Crippen LogP contribution < -0.4 is 5.32 Å². The van der Waals surface area contributed by atoms with Gasteiger partial charge in [0, 0.05) is 19.3 Å². The van der Waals surface area contributed by atoms with Crippen LogP contribution in [0.5, 0.6) is 0 Å². The van der Waals surface area contributed by atoms with Crippen molar-refractivity contribution in [2.75, 3.05) is 19.8 Å². The molecule has 1 heterocycles. The van der Waals surface area contributed by atoms with Crippen molar-refractivity contribution in [3.63, 3.8) is 0 Å². The van der Waals surface area contributed by atoms with Gasteiger partial charge < -0.3 is 10.1 Å². The maximum absolute atomic E-state index is 5.42. The van der Waals surface area contributed by atoms with Crippen molar-refractivity contribution in [1.82, 2.24) is 5.32 Å². The highest BCUT2D eigenvalue weighted by molar-refractivity contribution is 4.83. The SMILES string of the molecule is CC(C)C1CCCCC1NCC1CCOCC1. The van der Waals surface area contributed by atoms with E-state index in [9.17, 15) is 0 Å². The lowest BCUT2D eigenvalue weighted by Gasteiger charge is -2.36. The van der Waals surface area contributed by atoms with Gasteiger partial charge in [-0.1, -0.05) is 26.7 Å². The number of nitrogens with one attached hydrogen (secondary N) is 1. The molecule has 2 rings (SSSR count). The van der Waals surface area contributed by atoms with Crippen LogP contribution in [0.2, 0.25) is 0 Å². The Morgan fingerprint density at radius 2 is 1.76 bits per heavy atom. The average Bonchev–Trinajstić information content (AvgIpc) is 2.38. The summed E-state index contributed by atoms with van der Waals surface area (Å²) in [6, 6.07) is 0.784. The van der Waals surface area contributed by atoms with Crippen molar-refractivity contribution in [2.45, 2.75) is 58.4 Å². The molecule has 17 heavy (non-hydrogen) atoms. The van der Waals surface area contributed by atoms with E-state index in [1.54, 1.807) is 0 Å². The number of ether oxygens (including phenoxy) is 1. The first-order valence-electron chi connectivity index (χ1n) is 7.58. The summed E-state index contributed by atoms with van der Waals surface area (Å²) in [6.07, 6.45) is 8.21. The second kappa shape index (κ2) is 6.75. The van der Waals surface area contributed by atoms with E-state index in [0.29, 0.717) is 0 Å². The molecule has 2 aliphatic rings. The van der Waals surface area contributed by atoms with Crippen molar-refractivity contribution in [3.05, 3.63) is 0 Å². The Morgan fingerprint density at radius 1 is 1.06 bits per heavy atom. The van der Waals surface area contributed by atoms with E-state index in [1.165, 1.54) is 45.1 Å². The minimum absolute atomic E-state index is 0.784. The normalized spacial score (nSPS) is 31.9. The van der Waals surface area contributed by atoms with Gasteiger partial charge in [-0.25, -0.2) is 0 Å². The number of hydrogen-bond donors (Lipinski definition) is 1. The van der Waals surface area contributed by atoms with E-state index in [2.05, 4.69) is 19.2 Å². The van der Waals surface area contributed by atoms with Gasteiger partial charge in [0.1, 0.15) is 0 Å². The zero-order valence-electron chi connectivity index (χ0n) is 11.6. The molecule has 0 bridgehead atoms. The van der Waals surface area contributed by atoms with Gasteiger partial charge in [-0.3, -0.25) is 0 Å². The molecule has 0 radical (unpaired) electrons. The van der Waals surface area contributed by atoms with Crippen LogP contribution in [0.15, 0.2) is 0 Å². The van der Waals surface area contributed by atoms with E-state index in [4.69, 9.17) is 4.74 Å². The lowest BCUT2D eigenvalue weighted by molar-refractivity contribution is 0.0631. The molecule has 0 aromatic carbocycles. The molecule has 0 aromatic heterocycles. The highest BCUT2D eigenvalue weighted by Gasteiger charge is 2.27. The quantitative estimate of drug-likeness (QED) is 0.813. The Labute approximate surface area is 107 Å². The predicted molar refractivity (Wildman–Crippen MR) is 72.1 cm³/mol. The maximum Gasteiger partial charge on any atom is 0.0469 e. The second-order valence-electron chi connectivity index (χ2n) is 6.26. The van der Waals surface area contributed by atoms with E-state index in [-0.39, 0.29) is 0 Å². The van der Waals surface area contributed by atoms with Crippen LogP contribution in [-0.2, 0) is 4.74 Å². The molecule has 1 N–H and O–H groups in total. The van der Waals surface area contributed by atoms with Gasteiger partial charge in [-0.15, -0.1) is 0 Å². The minimum atomic E-state index is 0.784. The molecule has 2 nitrogen and oxygen atoms in total. The van der Waals surface area contributed by atoms with Crippen LogP contribution >= 0.6 is 0 Å². The van der Waals surface area contributed by atoms with Gasteiger partial charge in [0.25, 0.3) is 0 Å². The maximum atomic E-state index is 5.42. The Bertz CT molecular complexity index is 211. The Morgan fingerprint density at radius 3 is 2.47 bits per heavy atom. The molecule has 1 aliphatic carbocycles. The first kappa shape index (κ1) is 13.4. The van der Waals surface area contributed by atoms with Crippen LogP contribution in [0.1, 0.15) is 52.4 Å². The first-order valence-corrected chi connectivity index (χ1v) is 7.58. The third-order valence-corrected chi connectivity index (χ3v) is 4.69. The van der Waals surface area contributed by atoms with E-state index in [1.807, 2.05) is 0 Å². The molecule has 2 heteroatoms. The highest BCUT2D eigenvalue weighted by Crippen LogP contribution is 2.30. The summed E-state index contributed by atoms with van der Waals surface area (Å²) in [7, 11) is 0. The van der Waals surface area contributed by atoms with Crippen LogP contribution in [0.3, 0.4) is 0 Å². The molecule has 0 amide bonds. The van der Waals surface area contributed by atoms with Crippen LogP contribution in [0.4, 0.5) is 0 Å². The van der Waals surface area contributed by atoms with Gasteiger partial charge in [0.05, 0.1) is 0 Å². The molecule has 2 unspecified atom stereocenters. The zero-order valence-corrected chi connectivity index (χ0v) is 11.6. The monoisotopic (exact) mass is 239 g/mol. The van der Waals surface area contributed by atoms with Gasteiger partial charge >= 0.3 is 0 Å². The molecule has 100 valence electrons. The Balaban J connectivity index is 1.75. The van der Waals surface area contributed by atoms with Crippen molar-refractivity contribution in [1.29, 1.82) is 0 Å². The molecule has 2 fully saturated rings. The lowest BCUT2D eigenvalue weighted by atomic mass is 9.77. The summed E-state index contributed by atoms with van der Waals surface area (Å²) in [5.41, 5.74) is 0. The van der Waals surface area contributed by atoms with Crippen LogP contribution in [0, 0.1) is 17.8 Å². The standard InChI is InChI=1S/C15H29NO/c1-12(2)14-5-3-4-6-15(14)16-11-13-7-9-17-10-8-13/h12-16H,3-11H2,1-2H3. The number of hydrogen-bond acceptors (Lipinski definition) is 2. The van der Waals surface area contributed by atoms with E-state index in [0.717, 1.165) is 37.0 Å². The summed E-state index contributed by atoms with van der Waals surface area (Å²) in [5.74, 6) is 2.60. The molecular formula is C15H29NO. The van der Waals surface area contributed by atoms with Crippen molar-refractivity contribution in [3.8, 4) is 0 Å². The fourth-order valence-electron chi connectivity index (χ4n) is 3.48. The highest BCUT2D eigenvalue weighted by atomic mass is 16.5. The second-order valence-corrected chi connectivity index (χ2v) is 6.26. The molecule has 1 aliphatic heterocycles. The van der Waals surface area contributed by atoms with Crippen LogP contribution in [-0.4, -0.2) is 25.8 Å². The first-order chi connectivity index (χ1) is 8.27. The summed E-state index contributed by atoms with van der Waals surface area (Å²) < 4.78 is 5.42. The third-order valence-electron chi connectivity index (χ3n) is 4.69. The smallest absolute Gasteiger partial charge is 0.0469 e. The van der Waals surface area contributed by atoms with Gasteiger partial charge in [-0.2, -0.15) is 0 Å². The topological polar surface area (TPSA) is 21.3 Å². The fraction of sp³-hybridized carbons (Fsp3) is 1.00. The minimum Gasteiger partial charge on any atom is -0.381 e.